The maximum atomic E-state index is 10.4. The number of nitrogen functional groups attached to an aromatic ring is 1. The van der Waals surface area contributed by atoms with Crippen molar-refractivity contribution in [2.24, 2.45) is 0 Å². The number of hydrogen-bond donors (Lipinski definition) is 3. The molecule has 0 unspecified atom stereocenters. The van der Waals surface area contributed by atoms with E-state index < -0.39 is 5.60 Å². The Morgan fingerprint density at radius 2 is 1.74 bits per heavy atom. The number of fused-ring (bicyclic) bond motifs is 1. The second-order valence-electron chi connectivity index (χ2n) is 8.04. The minimum absolute atomic E-state index is 0.239. The van der Waals surface area contributed by atoms with E-state index in [1.165, 1.54) is 7.11 Å². The van der Waals surface area contributed by atoms with E-state index in [0.717, 1.165) is 30.3 Å². The molecule has 3 aromatic carbocycles. The summed E-state index contributed by atoms with van der Waals surface area (Å²) in [6.07, 6.45) is 2.40. The number of rotatable bonds is 3. The number of anilines is 1. The minimum atomic E-state index is -0.587. The molecule has 1 aromatic heterocycles. The summed E-state index contributed by atoms with van der Waals surface area (Å²) in [7, 11) is 3.51. The summed E-state index contributed by atoms with van der Waals surface area (Å²) in [4.78, 5) is 16.5. The molecule has 0 radical (unpaired) electrons. The molecule has 5 rings (SSSR count). The molecule has 7 nitrogen and oxygen atoms in total. The Kier molecular flexibility index (Phi) is 8.19. The quantitative estimate of drug-likeness (QED) is 0.315. The normalized spacial score (nSPS) is 14.0. The topological polar surface area (TPSA) is 109 Å². The van der Waals surface area contributed by atoms with Crippen LogP contribution in [0.1, 0.15) is 15.9 Å². The molecule has 4 N–H and O–H groups in total. The predicted molar refractivity (Wildman–Crippen MR) is 134 cm³/mol. The number of phenols is 1. The molecule has 7 heteroatoms. The lowest BCUT2D eigenvalue weighted by Gasteiger charge is -2.44. The van der Waals surface area contributed by atoms with Crippen molar-refractivity contribution < 1.29 is 19.7 Å². The molecule has 0 atom stereocenters. The highest BCUT2D eigenvalue weighted by Gasteiger charge is 2.40. The van der Waals surface area contributed by atoms with Crippen LogP contribution in [0.5, 0.6) is 11.5 Å². The van der Waals surface area contributed by atoms with Crippen molar-refractivity contribution in [3.63, 3.8) is 0 Å². The van der Waals surface area contributed by atoms with Gasteiger partial charge >= 0.3 is 0 Å². The van der Waals surface area contributed by atoms with Gasteiger partial charge in [-0.1, -0.05) is 48.5 Å². The number of aliphatic hydroxyl groups is 1. The van der Waals surface area contributed by atoms with Gasteiger partial charge in [0.05, 0.1) is 12.7 Å². The highest BCUT2D eigenvalue weighted by atomic mass is 16.5. The highest BCUT2D eigenvalue weighted by molar-refractivity contribution is 5.83. The van der Waals surface area contributed by atoms with Gasteiger partial charge in [-0.15, -0.1) is 0 Å². The van der Waals surface area contributed by atoms with E-state index in [1.807, 2.05) is 55.6 Å². The van der Waals surface area contributed by atoms with Crippen LogP contribution >= 0.6 is 0 Å². The summed E-state index contributed by atoms with van der Waals surface area (Å²) >= 11 is 0. The maximum Gasteiger partial charge on any atom is 0.153 e. The summed E-state index contributed by atoms with van der Waals surface area (Å²) < 4.78 is 4.91. The number of likely N-dealkylation sites (N-methyl/N-ethyl adjacent to an activating group) is 1. The Morgan fingerprint density at radius 3 is 2.35 bits per heavy atom. The summed E-state index contributed by atoms with van der Waals surface area (Å²) in [5.41, 5.74) is 7.67. The summed E-state index contributed by atoms with van der Waals surface area (Å²) in [6.45, 7) is 1.49. The number of aromatic nitrogens is 1. The molecule has 2 heterocycles. The van der Waals surface area contributed by atoms with Gasteiger partial charge < -0.3 is 20.7 Å². The van der Waals surface area contributed by atoms with E-state index in [4.69, 9.17) is 10.5 Å². The summed E-state index contributed by atoms with van der Waals surface area (Å²) in [6, 6.07) is 23.9. The van der Waals surface area contributed by atoms with Crippen molar-refractivity contribution in [1.29, 1.82) is 0 Å². The van der Waals surface area contributed by atoms with Gasteiger partial charge in [0.15, 0.2) is 6.29 Å². The Morgan fingerprint density at radius 1 is 1.03 bits per heavy atom. The molecule has 0 spiro atoms. The van der Waals surface area contributed by atoms with Crippen LogP contribution in [0.3, 0.4) is 0 Å². The summed E-state index contributed by atoms with van der Waals surface area (Å²) in [5, 5.41) is 20.3. The molecular formula is C27H29N3O4. The Hall–Kier alpha value is -3.94. The van der Waals surface area contributed by atoms with Gasteiger partial charge in [0.1, 0.15) is 22.6 Å². The average molecular weight is 460 g/mol. The SMILES string of the molecule is CN1CC(O)(c2ccccc2)C1.COc1cc(N)ccc1C=O.Oc1cccc2cccnc12. The first-order chi connectivity index (χ1) is 16.4. The number of phenolic OH excluding ortho intramolecular Hbond substituents is 1. The van der Waals surface area contributed by atoms with Crippen LogP contribution in [-0.2, 0) is 5.60 Å². The molecule has 176 valence electrons. The molecule has 0 saturated carbocycles. The van der Waals surface area contributed by atoms with Gasteiger partial charge in [-0.25, -0.2) is 0 Å². The third-order valence-electron chi connectivity index (χ3n) is 5.37. The molecule has 1 saturated heterocycles. The van der Waals surface area contributed by atoms with Crippen molar-refractivity contribution >= 4 is 22.9 Å². The van der Waals surface area contributed by atoms with Gasteiger partial charge in [-0.2, -0.15) is 0 Å². The Balaban J connectivity index is 0.000000143. The molecule has 0 aliphatic carbocycles. The molecule has 1 aliphatic rings. The number of para-hydroxylation sites is 1. The van der Waals surface area contributed by atoms with Crippen LogP contribution in [0.25, 0.3) is 10.9 Å². The number of β-amino-alcohol motifs (C(OH)–C–C–N with tert-alkyl or cyclic N) is 1. The number of pyridine rings is 1. The average Bonchev–Trinajstić information content (AvgIpc) is 2.85. The lowest BCUT2D eigenvalue weighted by atomic mass is 9.87. The lowest BCUT2D eigenvalue weighted by Crippen LogP contribution is -2.57. The zero-order valence-corrected chi connectivity index (χ0v) is 19.3. The standard InChI is InChI=1S/C10H13NO.C9H7NO.C8H9NO2/c1-11-7-10(12,8-11)9-5-3-2-4-6-9;11-8-5-1-3-7-4-2-6-10-9(7)8;1-11-8-4-7(9)3-2-6(8)5-10/h2-6,12H,7-8H2,1H3;1-6,11H;2-5H,9H2,1H3. The first-order valence-electron chi connectivity index (χ1n) is 10.7. The number of hydrogen-bond acceptors (Lipinski definition) is 7. The second kappa shape index (κ2) is 11.3. The van der Waals surface area contributed by atoms with Crippen LogP contribution in [0.2, 0.25) is 0 Å². The minimum Gasteiger partial charge on any atom is -0.506 e. The van der Waals surface area contributed by atoms with E-state index in [2.05, 4.69) is 9.88 Å². The van der Waals surface area contributed by atoms with E-state index in [9.17, 15) is 15.0 Å². The number of benzene rings is 3. The zero-order valence-electron chi connectivity index (χ0n) is 19.3. The van der Waals surface area contributed by atoms with E-state index in [0.29, 0.717) is 22.5 Å². The Labute approximate surface area is 199 Å². The van der Waals surface area contributed by atoms with E-state index in [1.54, 1.807) is 36.5 Å². The number of ether oxygens (including phenoxy) is 1. The second-order valence-corrected chi connectivity index (χ2v) is 8.04. The van der Waals surface area contributed by atoms with Crippen LogP contribution in [0.15, 0.2) is 85.1 Å². The van der Waals surface area contributed by atoms with Gasteiger partial charge in [-0.3, -0.25) is 14.7 Å². The maximum absolute atomic E-state index is 10.4. The molecule has 4 aromatic rings. The van der Waals surface area contributed by atoms with Crippen molar-refractivity contribution in [2.75, 3.05) is 33.0 Å². The van der Waals surface area contributed by atoms with E-state index >= 15 is 0 Å². The van der Waals surface area contributed by atoms with Crippen LogP contribution in [0.4, 0.5) is 5.69 Å². The zero-order chi connectivity index (χ0) is 24.6. The van der Waals surface area contributed by atoms with Gasteiger partial charge in [-0.05, 0) is 36.9 Å². The molecule has 34 heavy (non-hydrogen) atoms. The fraction of sp³-hybridized carbons (Fsp3) is 0.185. The molecule has 0 amide bonds. The van der Waals surface area contributed by atoms with Crippen LogP contribution in [0, 0.1) is 0 Å². The predicted octanol–water partition coefficient (Wildman–Crippen LogP) is 3.85. The number of nitrogens with zero attached hydrogens (tertiary/aromatic N) is 2. The molecule has 1 aliphatic heterocycles. The highest BCUT2D eigenvalue weighted by Crippen LogP contribution is 2.30. The van der Waals surface area contributed by atoms with Crippen molar-refractivity contribution in [3.05, 3.63) is 96.2 Å². The Bertz CT molecular complexity index is 1220. The first kappa shape index (κ1) is 24.7. The summed E-state index contributed by atoms with van der Waals surface area (Å²) in [5.74, 6) is 0.753. The number of likely N-dealkylation sites (tertiary alicyclic amines) is 1. The third-order valence-corrected chi connectivity index (χ3v) is 5.37. The van der Waals surface area contributed by atoms with Gasteiger partial charge in [0.25, 0.3) is 0 Å². The molecule has 1 fully saturated rings. The number of methoxy groups -OCH3 is 1. The van der Waals surface area contributed by atoms with Gasteiger partial charge in [0.2, 0.25) is 0 Å². The van der Waals surface area contributed by atoms with Gasteiger partial charge in [0, 0.05) is 36.4 Å². The molecular weight excluding hydrogens is 430 g/mol. The van der Waals surface area contributed by atoms with Crippen LogP contribution < -0.4 is 10.5 Å². The first-order valence-corrected chi connectivity index (χ1v) is 10.7. The monoisotopic (exact) mass is 459 g/mol. The van der Waals surface area contributed by atoms with Crippen molar-refractivity contribution in [2.45, 2.75) is 5.60 Å². The van der Waals surface area contributed by atoms with Crippen molar-refractivity contribution in [3.8, 4) is 11.5 Å². The molecule has 0 bridgehead atoms. The fourth-order valence-electron chi connectivity index (χ4n) is 3.69. The number of aromatic hydroxyl groups is 1. The van der Waals surface area contributed by atoms with Crippen LogP contribution in [-0.4, -0.2) is 53.6 Å². The van der Waals surface area contributed by atoms with E-state index in [-0.39, 0.29) is 5.75 Å². The third kappa shape index (κ3) is 6.10. The number of aldehydes is 1. The van der Waals surface area contributed by atoms with Crippen molar-refractivity contribution in [1.82, 2.24) is 9.88 Å². The number of nitrogens with two attached hydrogens (primary N) is 1. The number of carbonyl (C=O) groups excluding carboxylic acids is 1. The largest absolute Gasteiger partial charge is 0.506 e. The number of carbonyl (C=O) groups is 1. The lowest BCUT2D eigenvalue weighted by molar-refractivity contribution is -0.0918. The smallest absolute Gasteiger partial charge is 0.153 e. The fourth-order valence-corrected chi connectivity index (χ4v) is 3.69.